The highest BCUT2D eigenvalue weighted by Gasteiger charge is 2.31. The molecule has 3 heterocycles. The average Bonchev–Trinajstić information content (AvgIpc) is 4.25. The number of ketones is 1. The monoisotopic (exact) mass is 1050 g/mol. The molecule has 3 amide bonds. The van der Waals surface area contributed by atoms with E-state index in [4.69, 9.17) is 18.9 Å². The number of hydrogen-bond donors (Lipinski definition) is 3. The van der Waals surface area contributed by atoms with E-state index in [9.17, 15) is 24.0 Å². The Morgan fingerprint density at radius 2 is 1.00 bits per heavy atom. The number of benzene rings is 4. The summed E-state index contributed by atoms with van der Waals surface area (Å²) in [5.41, 5.74) is 3.79. The van der Waals surface area contributed by atoms with Crippen molar-refractivity contribution in [3.05, 3.63) is 179 Å². The molecular weight excluding hydrogens is 985 g/mol. The SMILES string of the molecule is COC(=O)[C@H](Cc1ccccc1)n1cc([C@H](Cc2ccccc2)n2cc([C@H](CCCCNC(=O)OCc3ccccc3)n3cc(C(=O)[C@H](CCCCNC(=O)OCc4ccccc4)NC(=O)OC(C)(C)C)nn3)nn2)nn1. The van der Waals surface area contributed by atoms with Gasteiger partial charge < -0.3 is 34.9 Å². The first-order chi connectivity index (χ1) is 37.3. The molecule has 0 spiro atoms. The van der Waals surface area contributed by atoms with Crippen LogP contribution < -0.4 is 16.0 Å². The Kier molecular flexibility index (Phi) is 20.5. The van der Waals surface area contributed by atoms with Crippen LogP contribution in [-0.4, -0.2) is 107 Å². The van der Waals surface area contributed by atoms with Crippen LogP contribution in [0.5, 0.6) is 0 Å². The molecule has 0 aliphatic carbocycles. The fourth-order valence-electron chi connectivity index (χ4n) is 8.34. The summed E-state index contributed by atoms with van der Waals surface area (Å²) in [5.74, 6) is -0.972. The Morgan fingerprint density at radius 1 is 0.532 bits per heavy atom. The third-order valence-electron chi connectivity index (χ3n) is 12.3. The van der Waals surface area contributed by atoms with Crippen LogP contribution in [0.4, 0.5) is 14.4 Å². The maximum absolute atomic E-state index is 14.4. The van der Waals surface area contributed by atoms with Crippen molar-refractivity contribution >= 4 is 30.0 Å². The summed E-state index contributed by atoms with van der Waals surface area (Å²) >= 11 is 0. The molecule has 7 rings (SSSR count). The molecule has 0 radical (unpaired) electrons. The van der Waals surface area contributed by atoms with Gasteiger partial charge in [-0.15, -0.1) is 15.3 Å². The summed E-state index contributed by atoms with van der Waals surface area (Å²) < 4.78 is 26.2. The van der Waals surface area contributed by atoms with E-state index < -0.39 is 59.8 Å². The minimum atomic E-state index is -1.05. The Labute approximate surface area is 447 Å². The van der Waals surface area contributed by atoms with Gasteiger partial charge in [-0.25, -0.2) is 33.2 Å². The molecule has 4 aromatic carbocycles. The molecule has 0 aliphatic heterocycles. The van der Waals surface area contributed by atoms with Gasteiger partial charge in [-0.1, -0.05) is 137 Å². The summed E-state index contributed by atoms with van der Waals surface area (Å²) in [7, 11) is 1.34. The molecule has 21 heteroatoms. The fraction of sp³-hybridized carbons (Fsp3) is 0.375. The van der Waals surface area contributed by atoms with E-state index in [0.717, 1.165) is 22.3 Å². The molecule has 0 saturated heterocycles. The largest absolute Gasteiger partial charge is 0.467 e. The number of ether oxygens (including phenoxy) is 4. The summed E-state index contributed by atoms with van der Waals surface area (Å²) in [6.45, 7) is 6.03. The van der Waals surface area contributed by atoms with Crippen molar-refractivity contribution in [3.8, 4) is 0 Å². The lowest BCUT2D eigenvalue weighted by molar-refractivity contribution is -0.145. The van der Waals surface area contributed by atoms with Gasteiger partial charge in [0.25, 0.3) is 0 Å². The number of carbonyl (C=O) groups excluding carboxylic acids is 5. The zero-order valence-corrected chi connectivity index (χ0v) is 43.8. The first kappa shape index (κ1) is 56.0. The molecule has 0 saturated carbocycles. The van der Waals surface area contributed by atoms with Gasteiger partial charge in [0.05, 0.1) is 37.8 Å². The van der Waals surface area contributed by atoms with Crippen molar-refractivity contribution in [3.63, 3.8) is 0 Å². The van der Waals surface area contributed by atoms with Crippen LogP contribution in [0.3, 0.4) is 0 Å². The van der Waals surface area contributed by atoms with Crippen LogP contribution in [0, 0.1) is 0 Å². The number of carbonyl (C=O) groups is 5. The smallest absolute Gasteiger partial charge is 0.408 e. The lowest BCUT2D eigenvalue weighted by atomic mass is 10.0. The molecule has 0 bridgehead atoms. The first-order valence-electron chi connectivity index (χ1n) is 25.7. The lowest BCUT2D eigenvalue weighted by Crippen LogP contribution is -2.43. The van der Waals surface area contributed by atoms with Crippen molar-refractivity contribution in [2.45, 2.75) is 115 Å². The van der Waals surface area contributed by atoms with Gasteiger partial charge in [0.15, 0.2) is 11.7 Å². The molecule has 0 unspecified atom stereocenters. The number of esters is 1. The number of aromatic nitrogens is 9. The van der Waals surface area contributed by atoms with Gasteiger partial charge in [-0.05, 0) is 81.5 Å². The van der Waals surface area contributed by atoms with Gasteiger partial charge in [0.1, 0.15) is 36.2 Å². The quantitative estimate of drug-likeness (QED) is 0.0190. The third-order valence-corrected chi connectivity index (χ3v) is 12.3. The molecular formula is C56H66N12O9. The number of rotatable bonds is 27. The number of nitrogens with zero attached hydrogens (tertiary/aromatic N) is 9. The Bertz CT molecular complexity index is 2950. The molecule has 77 heavy (non-hydrogen) atoms. The number of hydrogen-bond acceptors (Lipinski definition) is 15. The van der Waals surface area contributed by atoms with Crippen LogP contribution in [0.2, 0.25) is 0 Å². The fourth-order valence-corrected chi connectivity index (χ4v) is 8.34. The molecule has 7 aromatic rings. The number of alkyl carbamates (subject to hydrolysis) is 3. The Balaban J connectivity index is 1.10. The van der Waals surface area contributed by atoms with Gasteiger partial charge in [-0.3, -0.25) is 4.79 Å². The summed E-state index contributed by atoms with van der Waals surface area (Å²) in [6, 6.07) is 35.1. The number of nitrogens with one attached hydrogen (secondary N) is 3. The summed E-state index contributed by atoms with van der Waals surface area (Å²) in [4.78, 5) is 65.7. The molecule has 3 N–H and O–H groups in total. The average molecular weight is 1050 g/mol. The second-order valence-electron chi connectivity index (χ2n) is 19.3. The number of unbranched alkanes of at least 4 members (excludes halogenated alkanes) is 2. The van der Waals surface area contributed by atoms with E-state index in [0.29, 0.717) is 62.9 Å². The third kappa shape index (κ3) is 17.7. The lowest BCUT2D eigenvalue weighted by Gasteiger charge is -2.22. The first-order valence-corrected chi connectivity index (χ1v) is 25.7. The topological polar surface area (TPSA) is 250 Å². The van der Waals surface area contributed by atoms with Crippen molar-refractivity contribution in [2.24, 2.45) is 0 Å². The predicted molar refractivity (Wildman–Crippen MR) is 282 cm³/mol. The molecule has 4 atom stereocenters. The number of amides is 3. The van der Waals surface area contributed by atoms with E-state index in [2.05, 4.69) is 46.9 Å². The van der Waals surface area contributed by atoms with E-state index in [1.807, 2.05) is 121 Å². The Hall–Kier alpha value is -8.75. The second kappa shape index (κ2) is 28.2. The van der Waals surface area contributed by atoms with Crippen LogP contribution in [-0.2, 0) is 49.8 Å². The van der Waals surface area contributed by atoms with Crippen molar-refractivity contribution < 1.29 is 42.9 Å². The molecule has 404 valence electrons. The Morgan fingerprint density at radius 3 is 1.55 bits per heavy atom. The standard InChI is InChI=1S/C56H66N12O9/c1-56(2,3)77-55(73)59-44(29-17-19-31-57-53(71)75-38-42-25-13-7-14-26-42)51(69)47-37-66(65-62-47)48(30-18-20-32-58-54(72)76-39-43-27-15-8-16-28-43)45-35-67(63-60-45)49(33-40-21-9-5-10-22-40)46-36-68(64-61-46)50(52(70)74-4)34-41-23-11-6-12-24-41/h5-16,21-28,35-37,44,48-50H,17-20,29-34,38-39H2,1-4H3,(H,57,71)(H,58,72)(H,59,73)/t44-,48-,49-,50-/m0/s1. The summed E-state index contributed by atoms with van der Waals surface area (Å²) in [6.07, 6.45) is 6.56. The molecule has 0 fully saturated rings. The van der Waals surface area contributed by atoms with E-state index in [1.54, 1.807) is 42.5 Å². The zero-order valence-electron chi connectivity index (χ0n) is 43.8. The maximum Gasteiger partial charge on any atom is 0.408 e. The van der Waals surface area contributed by atoms with Crippen LogP contribution >= 0.6 is 0 Å². The predicted octanol–water partition coefficient (Wildman–Crippen LogP) is 8.11. The second-order valence-corrected chi connectivity index (χ2v) is 19.3. The van der Waals surface area contributed by atoms with Crippen molar-refractivity contribution in [2.75, 3.05) is 20.2 Å². The van der Waals surface area contributed by atoms with Gasteiger partial charge in [0, 0.05) is 25.9 Å². The number of Topliss-reactive ketones (excluding diaryl/α,β-unsaturated/α-hetero) is 1. The normalized spacial score (nSPS) is 12.8. The van der Waals surface area contributed by atoms with Crippen molar-refractivity contribution in [1.82, 2.24) is 60.9 Å². The van der Waals surface area contributed by atoms with E-state index >= 15 is 0 Å². The van der Waals surface area contributed by atoms with Crippen LogP contribution in [0.15, 0.2) is 140 Å². The van der Waals surface area contributed by atoms with Crippen molar-refractivity contribution in [1.29, 1.82) is 0 Å². The highest BCUT2D eigenvalue weighted by Crippen LogP contribution is 2.28. The number of methoxy groups -OCH3 is 1. The molecule has 3 aromatic heterocycles. The molecule has 0 aliphatic rings. The molecule has 21 nitrogen and oxygen atoms in total. The van der Waals surface area contributed by atoms with E-state index in [-0.39, 0.29) is 31.9 Å². The van der Waals surface area contributed by atoms with Crippen LogP contribution in [0.25, 0.3) is 0 Å². The van der Waals surface area contributed by atoms with Gasteiger partial charge in [-0.2, -0.15) is 0 Å². The highest BCUT2D eigenvalue weighted by atomic mass is 16.6. The van der Waals surface area contributed by atoms with E-state index in [1.165, 1.54) is 18.0 Å². The zero-order chi connectivity index (χ0) is 54.4. The van der Waals surface area contributed by atoms with Gasteiger partial charge >= 0.3 is 24.2 Å². The minimum Gasteiger partial charge on any atom is -0.467 e. The van der Waals surface area contributed by atoms with Gasteiger partial charge in [0.2, 0.25) is 5.78 Å². The highest BCUT2D eigenvalue weighted by molar-refractivity contribution is 5.99. The van der Waals surface area contributed by atoms with Crippen LogP contribution in [0.1, 0.15) is 122 Å². The maximum atomic E-state index is 14.4. The minimum absolute atomic E-state index is 0.0110. The summed E-state index contributed by atoms with van der Waals surface area (Å²) in [5, 5.41) is 35.4.